The number of rotatable bonds is 8. The molecule has 2 aliphatic rings. The second kappa shape index (κ2) is 11.9. The average Bonchev–Trinajstić information content (AvgIpc) is 2.98. The van der Waals surface area contributed by atoms with Crippen LogP contribution in [0.2, 0.25) is 5.02 Å². The number of nitrogens with zero attached hydrogens (tertiary/aromatic N) is 2. The van der Waals surface area contributed by atoms with Crippen LogP contribution in [-0.2, 0) is 4.74 Å². The van der Waals surface area contributed by atoms with Crippen LogP contribution in [0.5, 0.6) is 0 Å². The summed E-state index contributed by atoms with van der Waals surface area (Å²) < 4.78 is 5.15. The normalized spacial score (nSPS) is 18.0. The molecule has 1 amide bonds. The maximum Gasteiger partial charge on any atom is 0.409 e. The van der Waals surface area contributed by atoms with E-state index in [9.17, 15) is 9.90 Å². The summed E-state index contributed by atoms with van der Waals surface area (Å²) in [6.07, 6.45) is 10.8. The fourth-order valence-corrected chi connectivity index (χ4v) is 5.54. The molecule has 1 aromatic carbocycles. The Balaban J connectivity index is 1.48. The van der Waals surface area contributed by atoms with Gasteiger partial charge in [0, 0.05) is 36.8 Å². The van der Waals surface area contributed by atoms with Gasteiger partial charge in [-0.3, -0.25) is 4.98 Å². The summed E-state index contributed by atoms with van der Waals surface area (Å²) in [5, 5.41) is 10.2. The first kappa shape index (κ1) is 24.7. The Labute approximate surface area is 207 Å². The Kier molecular flexibility index (Phi) is 8.63. The molecule has 1 aliphatic carbocycles. The van der Waals surface area contributed by atoms with Crippen molar-refractivity contribution in [1.29, 1.82) is 0 Å². The molecule has 6 heteroatoms. The van der Waals surface area contributed by atoms with Crippen molar-refractivity contribution in [2.75, 3.05) is 26.3 Å². The van der Waals surface area contributed by atoms with Crippen molar-refractivity contribution in [1.82, 2.24) is 9.88 Å². The topological polar surface area (TPSA) is 62.7 Å². The van der Waals surface area contributed by atoms with Crippen molar-refractivity contribution in [2.24, 2.45) is 5.92 Å². The number of fused-ring (bicyclic) bond motifs is 2. The van der Waals surface area contributed by atoms with E-state index < -0.39 is 0 Å². The van der Waals surface area contributed by atoms with Gasteiger partial charge in [-0.2, -0.15) is 0 Å². The van der Waals surface area contributed by atoms with E-state index in [-0.39, 0.29) is 18.6 Å². The third-order valence-corrected chi connectivity index (χ3v) is 7.35. The van der Waals surface area contributed by atoms with Crippen molar-refractivity contribution in [3.63, 3.8) is 0 Å². The molecule has 1 unspecified atom stereocenters. The maximum atomic E-state index is 12.0. The number of hydrogen-bond acceptors (Lipinski definition) is 4. The van der Waals surface area contributed by atoms with Gasteiger partial charge in [-0.25, -0.2) is 4.79 Å². The van der Waals surface area contributed by atoms with Crippen molar-refractivity contribution in [3.05, 3.63) is 63.9 Å². The molecule has 5 nitrogen and oxygen atoms in total. The molecule has 1 aromatic heterocycles. The van der Waals surface area contributed by atoms with Crippen LogP contribution in [0.15, 0.2) is 36.5 Å². The molecule has 1 N–H and O–H groups in total. The Hall–Kier alpha value is -2.37. The van der Waals surface area contributed by atoms with E-state index in [0.717, 1.165) is 74.3 Å². The molecule has 34 heavy (non-hydrogen) atoms. The van der Waals surface area contributed by atoms with E-state index in [1.165, 1.54) is 16.7 Å². The minimum atomic E-state index is -0.179. The summed E-state index contributed by atoms with van der Waals surface area (Å²) >= 11 is 6.42. The minimum absolute atomic E-state index is 0.172. The number of aliphatic hydroxyl groups is 1. The number of aliphatic hydroxyl groups excluding tert-OH is 1. The quantitative estimate of drug-likeness (QED) is 0.464. The Morgan fingerprint density at radius 2 is 2.03 bits per heavy atom. The standard InChI is InChI=1S/C28H35ClN2O3/c1-2-34-28(33)31-15-12-20(13-16-31)6-3-9-25-24-11-10-23(29)19-26(24)21(8-5-17-32)18-22-7-4-14-30-27(22)25/h4,7,10-11,14,18-20,25,32H,2-3,5-6,8-9,12-13,15-17H2,1H3. The van der Waals surface area contributed by atoms with E-state index in [4.69, 9.17) is 21.3 Å². The zero-order valence-electron chi connectivity index (χ0n) is 20.0. The predicted octanol–water partition coefficient (Wildman–Crippen LogP) is 6.53. The van der Waals surface area contributed by atoms with Crippen LogP contribution in [0.1, 0.15) is 80.2 Å². The van der Waals surface area contributed by atoms with Crippen LogP contribution in [0.3, 0.4) is 0 Å². The first-order valence-electron chi connectivity index (χ1n) is 12.6. The summed E-state index contributed by atoms with van der Waals surface area (Å²) in [5.74, 6) is 0.855. The van der Waals surface area contributed by atoms with Gasteiger partial charge in [0.25, 0.3) is 0 Å². The fourth-order valence-electron chi connectivity index (χ4n) is 5.36. The molecule has 182 valence electrons. The summed E-state index contributed by atoms with van der Waals surface area (Å²) in [6, 6.07) is 10.4. The number of amides is 1. The summed E-state index contributed by atoms with van der Waals surface area (Å²) in [7, 11) is 0. The molecular weight excluding hydrogens is 448 g/mol. The zero-order valence-corrected chi connectivity index (χ0v) is 20.8. The molecule has 2 heterocycles. The molecule has 0 spiro atoms. The van der Waals surface area contributed by atoms with Crippen molar-refractivity contribution < 1.29 is 14.6 Å². The molecule has 1 fully saturated rings. The van der Waals surface area contributed by atoms with E-state index >= 15 is 0 Å². The van der Waals surface area contributed by atoms with Crippen LogP contribution in [0.25, 0.3) is 11.6 Å². The molecule has 0 bridgehead atoms. The molecule has 0 saturated carbocycles. The molecule has 4 rings (SSSR count). The number of hydrogen-bond donors (Lipinski definition) is 1. The molecular formula is C28H35ClN2O3. The number of pyridine rings is 1. The van der Waals surface area contributed by atoms with Crippen LogP contribution in [-0.4, -0.2) is 47.4 Å². The van der Waals surface area contributed by atoms with E-state index in [1.807, 2.05) is 30.2 Å². The van der Waals surface area contributed by atoms with E-state index in [0.29, 0.717) is 12.5 Å². The smallest absolute Gasteiger partial charge is 0.409 e. The third-order valence-electron chi connectivity index (χ3n) is 7.12. The number of benzene rings is 1. The van der Waals surface area contributed by atoms with E-state index in [1.54, 1.807) is 0 Å². The molecule has 1 aliphatic heterocycles. The zero-order chi connectivity index (χ0) is 23.9. The number of carbonyl (C=O) groups excluding carboxylic acids is 1. The summed E-state index contributed by atoms with van der Waals surface area (Å²) in [6.45, 7) is 4.03. The third kappa shape index (κ3) is 5.81. The lowest BCUT2D eigenvalue weighted by molar-refractivity contribution is 0.0906. The number of halogens is 1. The predicted molar refractivity (Wildman–Crippen MR) is 137 cm³/mol. The highest BCUT2D eigenvalue weighted by atomic mass is 35.5. The lowest BCUT2D eigenvalue weighted by Gasteiger charge is -2.31. The van der Waals surface area contributed by atoms with Crippen LogP contribution < -0.4 is 0 Å². The highest BCUT2D eigenvalue weighted by Gasteiger charge is 2.27. The number of piperidine rings is 1. The number of likely N-dealkylation sites (tertiary alicyclic amines) is 1. The highest BCUT2D eigenvalue weighted by molar-refractivity contribution is 6.30. The maximum absolute atomic E-state index is 12.0. The van der Waals surface area contributed by atoms with Gasteiger partial charge < -0.3 is 14.7 Å². The summed E-state index contributed by atoms with van der Waals surface area (Å²) in [5.41, 5.74) is 5.97. The second-order valence-electron chi connectivity index (χ2n) is 9.32. The molecule has 2 aromatic rings. The lowest BCUT2D eigenvalue weighted by atomic mass is 9.83. The van der Waals surface area contributed by atoms with Crippen LogP contribution in [0.4, 0.5) is 4.79 Å². The summed E-state index contributed by atoms with van der Waals surface area (Å²) in [4.78, 5) is 18.6. The van der Waals surface area contributed by atoms with Gasteiger partial charge >= 0.3 is 6.09 Å². The van der Waals surface area contributed by atoms with E-state index in [2.05, 4.69) is 24.3 Å². The Morgan fingerprint density at radius 3 is 2.79 bits per heavy atom. The molecule has 0 radical (unpaired) electrons. The molecule has 1 atom stereocenters. The van der Waals surface area contributed by atoms with Gasteiger partial charge in [0.1, 0.15) is 0 Å². The van der Waals surface area contributed by atoms with Gasteiger partial charge in [0.15, 0.2) is 0 Å². The highest BCUT2D eigenvalue weighted by Crippen LogP contribution is 2.42. The Morgan fingerprint density at radius 1 is 1.21 bits per heavy atom. The first-order valence-corrected chi connectivity index (χ1v) is 13.0. The Bertz CT molecular complexity index is 1010. The molecule has 1 saturated heterocycles. The van der Waals surface area contributed by atoms with Crippen molar-refractivity contribution in [2.45, 2.75) is 57.8 Å². The number of ether oxygens (including phenoxy) is 1. The lowest BCUT2D eigenvalue weighted by Crippen LogP contribution is -2.38. The van der Waals surface area contributed by atoms with Gasteiger partial charge in [0.05, 0.1) is 12.3 Å². The van der Waals surface area contributed by atoms with Crippen LogP contribution >= 0.6 is 11.6 Å². The fraction of sp³-hybridized carbons (Fsp3) is 0.500. The van der Waals surface area contributed by atoms with Crippen molar-refractivity contribution >= 4 is 29.3 Å². The van der Waals surface area contributed by atoms with Gasteiger partial charge in [-0.15, -0.1) is 0 Å². The monoisotopic (exact) mass is 482 g/mol. The van der Waals surface area contributed by atoms with Crippen LogP contribution in [0, 0.1) is 5.92 Å². The number of aromatic nitrogens is 1. The minimum Gasteiger partial charge on any atom is -0.450 e. The second-order valence-corrected chi connectivity index (χ2v) is 9.76. The van der Waals surface area contributed by atoms with Gasteiger partial charge in [-0.1, -0.05) is 36.6 Å². The van der Waals surface area contributed by atoms with Crippen molar-refractivity contribution in [3.8, 4) is 0 Å². The largest absolute Gasteiger partial charge is 0.450 e. The number of carbonyl (C=O) groups is 1. The van der Waals surface area contributed by atoms with Gasteiger partial charge in [-0.05, 0) is 91.5 Å². The first-order chi connectivity index (χ1) is 16.6. The SMILES string of the molecule is CCOC(=O)N1CCC(CCCC2c3ccc(Cl)cc3C(CCCO)=Cc3cccnc32)CC1. The number of allylic oxidation sites excluding steroid dienone is 1. The van der Waals surface area contributed by atoms with Gasteiger partial charge in [0.2, 0.25) is 0 Å². The average molecular weight is 483 g/mol.